The number of carbonyl (C=O) groups is 2. The quantitative estimate of drug-likeness (QED) is 0.455. The predicted octanol–water partition coefficient (Wildman–Crippen LogP) is 4.44. The summed E-state index contributed by atoms with van der Waals surface area (Å²) >= 11 is 1.56. The average molecular weight is 492 g/mol. The Labute approximate surface area is 209 Å². The molecule has 2 aliphatic rings. The van der Waals surface area contributed by atoms with Gasteiger partial charge in [-0.1, -0.05) is 18.2 Å². The van der Waals surface area contributed by atoms with E-state index in [9.17, 15) is 9.59 Å². The molecule has 0 saturated carbocycles. The predicted molar refractivity (Wildman–Crippen MR) is 137 cm³/mol. The number of rotatable bonds is 7. The maximum absolute atomic E-state index is 13.5. The summed E-state index contributed by atoms with van der Waals surface area (Å²) in [4.78, 5) is 33.7. The molecule has 8 heteroatoms. The molecule has 182 valence electrons. The van der Waals surface area contributed by atoms with Gasteiger partial charge in [0.1, 0.15) is 0 Å². The molecular weight excluding hydrogens is 462 g/mol. The minimum absolute atomic E-state index is 0.200. The number of amides is 2. The standard InChI is InChI=1S/C27H29N3O4S/c1-18(24-8-5-15-35-24)30-26(31)20-6-4-7-21(25(20)27(30)32)29-13-11-28(12-14-29)17-19-9-10-22(33-2)23(16-19)34-3/h4-10,15-16,18H,11-14,17H2,1-3H3/t18-/m1/s1. The SMILES string of the molecule is COc1ccc(CN2CCN(c3cccc4c3C(=O)N([C@H](C)c3cccs3)C4=O)CC2)cc1OC. The maximum Gasteiger partial charge on any atom is 0.264 e. The Balaban J connectivity index is 1.30. The van der Waals surface area contributed by atoms with Crippen molar-refractivity contribution < 1.29 is 19.1 Å². The number of ether oxygens (including phenoxy) is 2. The van der Waals surface area contributed by atoms with Gasteiger partial charge in [0, 0.05) is 37.6 Å². The van der Waals surface area contributed by atoms with Gasteiger partial charge in [-0.25, -0.2) is 0 Å². The highest BCUT2D eigenvalue weighted by Crippen LogP contribution is 2.37. The van der Waals surface area contributed by atoms with Crippen LogP contribution >= 0.6 is 11.3 Å². The van der Waals surface area contributed by atoms with Crippen molar-refractivity contribution in [1.29, 1.82) is 0 Å². The maximum atomic E-state index is 13.5. The number of benzene rings is 2. The summed E-state index contributed by atoms with van der Waals surface area (Å²) in [5.74, 6) is 1.04. The number of anilines is 1. The van der Waals surface area contributed by atoms with Gasteiger partial charge in [-0.05, 0) is 48.2 Å². The van der Waals surface area contributed by atoms with Crippen LogP contribution in [0.5, 0.6) is 11.5 Å². The Bertz CT molecular complexity index is 1240. The number of hydrogen-bond donors (Lipinski definition) is 0. The molecule has 0 unspecified atom stereocenters. The summed E-state index contributed by atoms with van der Waals surface area (Å²) in [6.45, 7) is 6.01. The van der Waals surface area contributed by atoms with Crippen molar-refractivity contribution in [2.45, 2.75) is 19.5 Å². The first-order valence-corrected chi connectivity index (χ1v) is 12.6. The molecule has 2 amide bonds. The average Bonchev–Trinajstić information content (AvgIpc) is 3.51. The van der Waals surface area contributed by atoms with Crippen molar-refractivity contribution >= 4 is 28.8 Å². The van der Waals surface area contributed by atoms with E-state index in [-0.39, 0.29) is 17.9 Å². The molecule has 7 nitrogen and oxygen atoms in total. The molecule has 3 heterocycles. The van der Waals surface area contributed by atoms with Crippen molar-refractivity contribution in [3.8, 4) is 11.5 Å². The highest BCUT2D eigenvalue weighted by molar-refractivity contribution is 7.10. The van der Waals surface area contributed by atoms with E-state index in [1.165, 1.54) is 4.90 Å². The van der Waals surface area contributed by atoms with Gasteiger partial charge in [0.2, 0.25) is 0 Å². The lowest BCUT2D eigenvalue weighted by Gasteiger charge is -2.36. The molecule has 1 fully saturated rings. The summed E-state index contributed by atoms with van der Waals surface area (Å²) in [6.07, 6.45) is 0. The molecule has 0 radical (unpaired) electrons. The number of carbonyl (C=O) groups excluding carboxylic acids is 2. The van der Waals surface area contributed by atoms with Crippen LogP contribution in [0.15, 0.2) is 53.9 Å². The summed E-state index contributed by atoms with van der Waals surface area (Å²) in [5.41, 5.74) is 3.06. The number of methoxy groups -OCH3 is 2. The lowest BCUT2D eigenvalue weighted by atomic mass is 10.1. The van der Waals surface area contributed by atoms with Gasteiger partial charge >= 0.3 is 0 Å². The Morgan fingerprint density at radius 2 is 1.69 bits per heavy atom. The van der Waals surface area contributed by atoms with Crippen molar-refractivity contribution in [1.82, 2.24) is 9.80 Å². The van der Waals surface area contributed by atoms with E-state index >= 15 is 0 Å². The lowest BCUT2D eigenvalue weighted by molar-refractivity contribution is 0.0598. The molecule has 3 aromatic rings. The normalized spacial score (nSPS) is 17.0. The van der Waals surface area contributed by atoms with Crippen LogP contribution in [0, 0.1) is 0 Å². The lowest BCUT2D eigenvalue weighted by Crippen LogP contribution is -2.46. The number of thiophene rings is 1. The van der Waals surface area contributed by atoms with Gasteiger partial charge < -0.3 is 14.4 Å². The molecule has 1 atom stereocenters. The molecule has 0 N–H and O–H groups in total. The third kappa shape index (κ3) is 4.28. The van der Waals surface area contributed by atoms with Crippen LogP contribution in [0.4, 0.5) is 5.69 Å². The smallest absolute Gasteiger partial charge is 0.264 e. The molecule has 5 rings (SSSR count). The third-order valence-corrected chi connectivity index (χ3v) is 7.88. The monoisotopic (exact) mass is 491 g/mol. The molecule has 35 heavy (non-hydrogen) atoms. The summed E-state index contributed by atoms with van der Waals surface area (Å²) in [6, 6.07) is 15.3. The minimum atomic E-state index is -0.284. The number of fused-ring (bicyclic) bond motifs is 1. The molecule has 2 aromatic carbocycles. The molecule has 0 spiro atoms. The van der Waals surface area contributed by atoms with Crippen LogP contribution in [0.1, 0.15) is 44.1 Å². The van der Waals surface area contributed by atoms with Crippen LogP contribution in [0.25, 0.3) is 0 Å². The van der Waals surface area contributed by atoms with Crippen molar-refractivity contribution in [2.75, 3.05) is 45.3 Å². The van der Waals surface area contributed by atoms with Gasteiger partial charge in [0.05, 0.1) is 37.1 Å². The van der Waals surface area contributed by atoms with Gasteiger partial charge in [0.15, 0.2) is 11.5 Å². The van der Waals surface area contributed by atoms with E-state index in [0.29, 0.717) is 11.1 Å². The summed E-state index contributed by atoms with van der Waals surface area (Å²) in [5, 5.41) is 1.97. The van der Waals surface area contributed by atoms with Crippen LogP contribution < -0.4 is 14.4 Å². The van der Waals surface area contributed by atoms with Crippen LogP contribution in [0.2, 0.25) is 0 Å². The number of imide groups is 1. The van der Waals surface area contributed by atoms with E-state index in [1.807, 2.05) is 48.7 Å². The largest absolute Gasteiger partial charge is 0.493 e. The van der Waals surface area contributed by atoms with E-state index in [0.717, 1.165) is 60.4 Å². The molecule has 1 saturated heterocycles. The number of nitrogens with zero attached hydrogens (tertiary/aromatic N) is 3. The van der Waals surface area contributed by atoms with E-state index < -0.39 is 0 Å². The number of hydrogen-bond acceptors (Lipinski definition) is 7. The van der Waals surface area contributed by atoms with Crippen LogP contribution in [0.3, 0.4) is 0 Å². The highest BCUT2D eigenvalue weighted by Gasteiger charge is 2.41. The zero-order valence-electron chi connectivity index (χ0n) is 20.2. The molecule has 0 aliphatic carbocycles. The van der Waals surface area contributed by atoms with Gasteiger partial charge in [-0.2, -0.15) is 0 Å². The van der Waals surface area contributed by atoms with Gasteiger partial charge in [-0.15, -0.1) is 11.3 Å². The van der Waals surface area contributed by atoms with Crippen molar-refractivity contribution in [3.05, 3.63) is 75.5 Å². The van der Waals surface area contributed by atoms with Crippen molar-refractivity contribution in [2.24, 2.45) is 0 Å². The molecular formula is C27H29N3O4S. The zero-order valence-corrected chi connectivity index (χ0v) is 21.0. The fourth-order valence-electron chi connectivity index (χ4n) is 4.94. The molecule has 1 aromatic heterocycles. The van der Waals surface area contributed by atoms with E-state index in [1.54, 1.807) is 31.6 Å². The Morgan fingerprint density at radius 1 is 0.914 bits per heavy atom. The Kier molecular flexibility index (Phi) is 6.49. The molecule has 0 bridgehead atoms. The fraction of sp³-hybridized carbons (Fsp3) is 0.333. The van der Waals surface area contributed by atoms with Crippen LogP contribution in [-0.2, 0) is 6.54 Å². The van der Waals surface area contributed by atoms with E-state index in [2.05, 4.69) is 15.9 Å². The van der Waals surface area contributed by atoms with Crippen molar-refractivity contribution in [3.63, 3.8) is 0 Å². The van der Waals surface area contributed by atoms with Gasteiger partial charge in [0.25, 0.3) is 11.8 Å². The zero-order chi connectivity index (χ0) is 24.5. The fourth-order valence-corrected chi connectivity index (χ4v) is 5.71. The first-order valence-electron chi connectivity index (χ1n) is 11.7. The number of piperazine rings is 1. The molecule has 2 aliphatic heterocycles. The van der Waals surface area contributed by atoms with Gasteiger partial charge in [-0.3, -0.25) is 19.4 Å². The minimum Gasteiger partial charge on any atom is -0.493 e. The second-order valence-corrected chi connectivity index (χ2v) is 9.80. The topological polar surface area (TPSA) is 62.3 Å². The summed E-state index contributed by atoms with van der Waals surface area (Å²) < 4.78 is 10.8. The first kappa shape index (κ1) is 23.4. The first-order chi connectivity index (χ1) is 17.0. The van der Waals surface area contributed by atoms with Crippen LogP contribution in [-0.4, -0.2) is 62.0 Å². The van der Waals surface area contributed by atoms with E-state index in [4.69, 9.17) is 9.47 Å². The second kappa shape index (κ2) is 9.71. The third-order valence-electron chi connectivity index (χ3n) is 6.83. The highest BCUT2D eigenvalue weighted by atomic mass is 32.1. The Hall–Kier alpha value is -3.36. The summed E-state index contributed by atoms with van der Waals surface area (Å²) in [7, 11) is 3.28. The second-order valence-electron chi connectivity index (χ2n) is 8.82. The Morgan fingerprint density at radius 3 is 2.37 bits per heavy atom.